The summed E-state index contributed by atoms with van der Waals surface area (Å²) in [6, 6.07) is 0. The Hall–Kier alpha value is -0.400. The van der Waals surface area contributed by atoms with Crippen molar-refractivity contribution in [2.45, 2.75) is 55.3 Å². The zero-order valence-corrected chi connectivity index (χ0v) is 11.0. The van der Waals surface area contributed by atoms with E-state index in [9.17, 15) is 30.6 Å². The van der Waals surface area contributed by atoms with Gasteiger partial charge in [0.15, 0.2) is 12.6 Å². The average Bonchev–Trinajstić information content (AvgIpc) is 2.47. The summed E-state index contributed by atoms with van der Waals surface area (Å²) in [5.74, 6) is 0. The van der Waals surface area contributed by atoms with Gasteiger partial charge in [-0.2, -0.15) is 0 Å². The summed E-state index contributed by atoms with van der Waals surface area (Å²) in [7, 11) is 0. The maximum absolute atomic E-state index is 9.79. The van der Waals surface area contributed by atoms with Crippen molar-refractivity contribution in [2.24, 2.45) is 0 Å². The Kier molecular flexibility index (Phi) is 5.48. The van der Waals surface area contributed by atoms with Crippen molar-refractivity contribution >= 4 is 0 Å². The minimum absolute atomic E-state index is 0.305. The monoisotopic (exact) mass is 312 g/mol. The lowest BCUT2D eigenvalue weighted by molar-refractivity contribution is -0.345. The van der Waals surface area contributed by atoms with Crippen molar-refractivity contribution in [3.8, 4) is 0 Å². The smallest absolute Gasteiger partial charge is 0.187 e. The second kappa shape index (κ2) is 6.79. The van der Waals surface area contributed by atoms with Crippen molar-refractivity contribution in [2.75, 3.05) is 13.2 Å². The summed E-state index contributed by atoms with van der Waals surface area (Å²) < 4.78 is 15.0. The third kappa shape index (κ3) is 3.35. The van der Waals surface area contributed by atoms with E-state index in [4.69, 9.17) is 14.6 Å². The first kappa shape index (κ1) is 17.0. The van der Waals surface area contributed by atoms with Crippen LogP contribution in [0.2, 0.25) is 0 Å². The van der Waals surface area contributed by atoms with Crippen molar-refractivity contribution in [1.29, 1.82) is 0 Å². The molecule has 2 rings (SSSR count). The molecule has 2 saturated heterocycles. The lowest BCUT2D eigenvalue weighted by atomic mass is 9.98. The number of aliphatic hydroxyl groups is 7. The van der Waals surface area contributed by atoms with Crippen LogP contribution >= 0.6 is 0 Å². The summed E-state index contributed by atoms with van der Waals surface area (Å²) in [5.41, 5.74) is 0. The molecular formula is C11H20O10. The highest BCUT2D eigenvalue weighted by molar-refractivity contribution is 4.91. The van der Waals surface area contributed by atoms with Crippen LogP contribution in [0.5, 0.6) is 0 Å². The zero-order valence-electron chi connectivity index (χ0n) is 11.0. The van der Waals surface area contributed by atoms with Gasteiger partial charge in [-0.25, -0.2) is 0 Å². The third-order valence-electron chi connectivity index (χ3n) is 3.59. The molecule has 2 heterocycles. The van der Waals surface area contributed by atoms with Gasteiger partial charge in [-0.05, 0) is 0 Å². The summed E-state index contributed by atoms with van der Waals surface area (Å²) in [5, 5.41) is 66.8. The Labute approximate surface area is 119 Å². The molecule has 0 aromatic carbocycles. The van der Waals surface area contributed by atoms with Crippen molar-refractivity contribution in [3.05, 3.63) is 0 Å². The summed E-state index contributed by atoms with van der Waals surface area (Å²) in [4.78, 5) is 0. The molecule has 0 amide bonds. The fourth-order valence-corrected chi connectivity index (χ4v) is 2.29. The zero-order chi connectivity index (χ0) is 15.7. The standard InChI is InChI=1S/C11H20O10/c12-1-4-5(14)6(15)7(16)11(20-4)21-9-3(13)2-19-10(18)8(9)17/h3-18H,1-2H2/t3-,4-,5+,6+,7-,8-,9+,10-,11+/m1/s1. The van der Waals surface area contributed by atoms with Crippen LogP contribution in [-0.2, 0) is 14.2 Å². The van der Waals surface area contributed by atoms with Crippen molar-refractivity contribution < 1.29 is 50.0 Å². The largest absolute Gasteiger partial charge is 0.394 e. The fourth-order valence-electron chi connectivity index (χ4n) is 2.29. The minimum Gasteiger partial charge on any atom is -0.394 e. The lowest BCUT2D eigenvalue weighted by Crippen LogP contribution is -2.62. The fraction of sp³-hybridized carbons (Fsp3) is 1.00. The number of ether oxygens (including phenoxy) is 3. The number of aliphatic hydroxyl groups excluding tert-OH is 7. The predicted molar refractivity (Wildman–Crippen MR) is 62.6 cm³/mol. The van der Waals surface area contributed by atoms with E-state index in [0.717, 1.165) is 0 Å². The summed E-state index contributed by atoms with van der Waals surface area (Å²) >= 11 is 0. The maximum atomic E-state index is 9.79. The van der Waals surface area contributed by atoms with Crippen molar-refractivity contribution in [3.63, 3.8) is 0 Å². The molecule has 10 nitrogen and oxygen atoms in total. The van der Waals surface area contributed by atoms with E-state index in [-0.39, 0.29) is 6.61 Å². The van der Waals surface area contributed by atoms with Crippen molar-refractivity contribution in [1.82, 2.24) is 0 Å². The van der Waals surface area contributed by atoms with Gasteiger partial charge in [0, 0.05) is 0 Å². The van der Waals surface area contributed by atoms with Gasteiger partial charge >= 0.3 is 0 Å². The highest BCUT2D eigenvalue weighted by Crippen LogP contribution is 2.26. The van der Waals surface area contributed by atoms with E-state index in [2.05, 4.69) is 4.74 Å². The Morgan fingerprint density at radius 2 is 1.57 bits per heavy atom. The van der Waals surface area contributed by atoms with Crippen LogP contribution < -0.4 is 0 Å². The van der Waals surface area contributed by atoms with E-state index in [1.165, 1.54) is 0 Å². The average molecular weight is 312 g/mol. The van der Waals surface area contributed by atoms with E-state index >= 15 is 0 Å². The molecule has 21 heavy (non-hydrogen) atoms. The molecule has 9 atom stereocenters. The molecule has 7 N–H and O–H groups in total. The highest BCUT2D eigenvalue weighted by atomic mass is 16.7. The van der Waals surface area contributed by atoms with Gasteiger partial charge in [0.05, 0.1) is 13.2 Å². The second-order valence-corrected chi connectivity index (χ2v) is 5.08. The van der Waals surface area contributed by atoms with Gasteiger partial charge in [-0.3, -0.25) is 0 Å². The van der Waals surface area contributed by atoms with E-state index in [1.54, 1.807) is 0 Å². The Morgan fingerprint density at radius 3 is 2.19 bits per heavy atom. The first-order valence-corrected chi connectivity index (χ1v) is 6.48. The van der Waals surface area contributed by atoms with Gasteiger partial charge < -0.3 is 50.0 Å². The number of hydrogen-bond acceptors (Lipinski definition) is 10. The molecule has 2 aliphatic heterocycles. The Morgan fingerprint density at radius 1 is 0.905 bits per heavy atom. The van der Waals surface area contributed by atoms with E-state index in [0.29, 0.717) is 0 Å². The number of hydrogen-bond donors (Lipinski definition) is 7. The quantitative estimate of drug-likeness (QED) is 0.268. The topological polar surface area (TPSA) is 169 Å². The number of rotatable bonds is 3. The molecule has 0 aromatic rings. The minimum atomic E-state index is -1.66. The molecule has 124 valence electrons. The van der Waals surface area contributed by atoms with Crippen LogP contribution in [0.15, 0.2) is 0 Å². The van der Waals surface area contributed by atoms with Gasteiger partial charge in [0.2, 0.25) is 0 Å². The van der Waals surface area contributed by atoms with Crippen LogP contribution in [0, 0.1) is 0 Å². The molecular weight excluding hydrogens is 292 g/mol. The molecule has 0 aromatic heterocycles. The molecule has 0 radical (unpaired) electrons. The Balaban J connectivity index is 2.06. The second-order valence-electron chi connectivity index (χ2n) is 5.08. The molecule has 0 aliphatic carbocycles. The van der Waals surface area contributed by atoms with Gasteiger partial charge in [-0.15, -0.1) is 0 Å². The van der Waals surface area contributed by atoms with Crippen LogP contribution in [-0.4, -0.2) is 104 Å². The van der Waals surface area contributed by atoms with Crippen LogP contribution in [0.3, 0.4) is 0 Å². The van der Waals surface area contributed by atoms with Gasteiger partial charge in [0.1, 0.15) is 42.7 Å². The predicted octanol–water partition coefficient (Wildman–Crippen LogP) is -4.76. The van der Waals surface area contributed by atoms with Crippen LogP contribution in [0.1, 0.15) is 0 Å². The van der Waals surface area contributed by atoms with Crippen LogP contribution in [0.25, 0.3) is 0 Å². The molecule has 0 bridgehead atoms. The Bertz CT molecular complexity index is 339. The summed E-state index contributed by atoms with van der Waals surface area (Å²) in [6.45, 7) is -0.938. The molecule has 2 aliphatic rings. The molecule has 2 fully saturated rings. The van der Waals surface area contributed by atoms with Crippen LogP contribution in [0.4, 0.5) is 0 Å². The first-order chi connectivity index (χ1) is 9.86. The molecule has 0 unspecified atom stereocenters. The molecule has 10 heteroatoms. The van der Waals surface area contributed by atoms with Gasteiger partial charge in [0.25, 0.3) is 0 Å². The molecule has 0 saturated carbocycles. The first-order valence-electron chi connectivity index (χ1n) is 6.48. The highest BCUT2D eigenvalue weighted by Gasteiger charge is 2.48. The molecule has 0 spiro atoms. The normalized spacial score (nSPS) is 51.9. The third-order valence-corrected chi connectivity index (χ3v) is 3.59. The summed E-state index contributed by atoms with van der Waals surface area (Å²) in [6.07, 6.45) is -13.3. The van der Waals surface area contributed by atoms with Gasteiger partial charge in [-0.1, -0.05) is 0 Å². The SMILES string of the molecule is OC[C@H]1O[C@@H](O[C@@H]2[C@@H](O)[C@H](O)OC[C@H]2O)[C@H](O)[C@@H](O)[C@H]1O. The van der Waals surface area contributed by atoms with E-state index < -0.39 is 61.9 Å². The van der Waals surface area contributed by atoms with E-state index in [1.807, 2.05) is 0 Å². The maximum Gasteiger partial charge on any atom is 0.187 e. The lowest BCUT2D eigenvalue weighted by Gasteiger charge is -2.43.